The molecule has 1 N–H and O–H groups in total. The first-order chi connectivity index (χ1) is 10.2. The van der Waals surface area contributed by atoms with Gasteiger partial charge in [0, 0.05) is 19.2 Å². The van der Waals surface area contributed by atoms with Crippen LogP contribution in [0.1, 0.15) is 24.6 Å². The summed E-state index contributed by atoms with van der Waals surface area (Å²) in [6, 6.07) is 8.26. The summed E-state index contributed by atoms with van der Waals surface area (Å²) in [4.78, 5) is 9.31. The summed E-state index contributed by atoms with van der Waals surface area (Å²) in [5.41, 5.74) is 3.17. The number of anilines is 1. The molecule has 0 radical (unpaired) electrons. The normalized spacial score (nSPS) is 10.7. The maximum Gasteiger partial charge on any atom is 0.161 e. The lowest BCUT2D eigenvalue weighted by molar-refractivity contribution is 0.181. The third-order valence-electron chi connectivity index (χ3n) is 3.05. The Morgan fingerprint density at radius 2 is 1.90 bits per heavy atom. The van der Waals surface area contributed by atoms with Gasteiger partial charge in [-0.1, -0.05) is 36.8 Å². The van der Waals surface area contributed by atoms with Gasteiger partial charge < -0.3 is 10.1 Å². The molecule has 1 heterocycles. The standard InChI is InChI=1S/C16H20IN3O/c1-4-9-18-16-14(17)13(10-21-3)19-15(20-16)12-7-5-11(2)6-8-12/h5-8H,4,9-10H2,1-3H3,(H,18,19,20). The van der Waals surface area contributed by atoms with Crippen LogP contribution in [0.2, 0.25) is 0 Å². The van der Waals surface area contributed by atoms with Gasteiger partial charge in [-0.25, -0.2) is 9.97 Å². The number of hydrogen-bond acceptors (Lipinski definition) is 4. The zero-order valence-corrected chi connectivity index (χ0v) is 14.8. The molecule has 21 heavy (non-hydrogen) atoms. The summed E-state index contributed by atoms with van der Waals surface area (Å²) in [7, 11) is 1.68. The number of ether oxygens (including phenoxy) is 1. The van der Waals surface area contributed by atoms with Crippen LogP contribution in [0, 0.1) is 10.5 Å². The molecule has 0 spiro atoms. The number of nitrogens with zero attached hydrogens (tertiary/aromatic N) is 2. The number of rotatable bonds is 6. The minimum Gasteiger partial charge on any atom is -0.378 e. The van der Waals surface area contributed by atoms with Crippen molar-refractivity contribution in [2.24, 2.45) is 0 Å². The van der Waals surface area contributed by atoms with Crippen molar-refractivity contribution in [3.8, 4) is 11.4 Å². The van der Waals surface area contributed by atoms with Crippen molar-refractivity contribution >= 4 is 28.4 Å². The van der Waals surface area contributed by atoms with Gasteiger partial charge in [0.25, 0.3) is 0 Å². The van der Waals surface area contributed by atoms with E-state index in [4.69, 9.17) is 4.74 Å². The van der Waals surface area contributed by atoms with Crippen LogP contribution in [-0.4, -0.2) is 23.6 Å². The molecule has 0 saturated heterocycles. The molecule has 0 amide bonds. The van der Waals surface area contributed by atoms with Crippen LogP contribution in [-0.2, 0) is 11.3 Å². The fourth-order valence-electron chi connectivity index (χ4n) is 1.92. The Balaban J connectivity index is 2.44. The highest BCUT2D eigenvalue weighted by Gasteiger charge is 2.13. The van der Waals surface area contributed by atoms with E-state index in [0.29, 0.717) is 6.61 Å². The predicted molar refractivity (Wildman–Crippen MR) is 94.4 cm³/mol. The van der Waals surface area contributed by atoms with E-state index in [1.165, 1.54) is 5.56 Å². The van der Waals surface area contributed by atoms with Crippen molar-refractivity contribution in [3.63, 3.8) is 0 Å². The Hall–Kier alpha value is -1.21. The smallest absolute Gasteiger partial charge is 0.161 e. The van der Waals surface area contributed by atoms with Gasteiger partial charge in [0.05, 0.1) is 15.9 Å². The summed E-state index contributed by atoms with van der Waals surface area (Å²) in [6.07, 6.45) is 1.06. The van der Waals surface area contributed by atoms with E-state index in [1.807, 2.05) is 0 Å². The van der Waals surface area contributed by atoms with Crippen LogP contribution < -0.4 is 5.32 Å². The fraction of sp³-hybridized carbons (Fsp3) is 0.375. The van der Waals surface area contributed by atoms with Crippen molar-refractivity contribution in [1.29, 1.82) is 0 Å². The molecular weight excluding hydrogens is 377 g/mol. The molecule has 2 aromatic rings. The van der Waals surface area contributed by atoms with Gasteiger partial charge in [-0.3, -0.25) is 0 Å². The first-order valence-corrected chi connectivity index (χ1v) is 8.09. The van der Waals surface area contributed by atoms with Crippen LogP contribution in [0.5, 0.6) is 0 Å². The summed E-state index contributed by atoms with van der Waals surface area (Å²) in [5, 5.41) is 3.37. The molecule has 0 unspecified atom stereocenters. The molecule has 0 bridgehead atoms. The zero-order valence-electron chi connectivity index (χ0n) is 12.6. The molecule has 0 saturated carbocycles. The molecule has 1 aromatic heterocycles. The second-order valence-corrected chi connectivity index (χ2v) is 5.96. The third kappa shape index (κ3) is 4.14. The molecule has 0 fully saturated rings. The van der Waals surface area contributed by atoms with E-state index in [1.54, 1.807) is 7.11 Å². The second-order valence-electron chi connectivity index (χ2n) is 4.88. The highest BCUT2D eigenvalue weighted by atomic mass is 127. The van der Waals surface area contributed by atoms with Crippen molar-refractivity contribution in [3.05, 3.63) is 39.1 Å². The monoisotopic (exact) mass is 397 g/mol. The topological polar surface area (TPSA) is 47.0 Å². The van der Waals surface area contributed by atoms with E-state index in [0.717, 1.165) is 39.4 Å². The molecule has 0 atom stereocenters. The Bertz CT molecular complexity index is 599. The summed E-state index contributed by atoms with van der Waals surface area (Å²) >= 11 is 2.28. The summed E-state index contributed by atoms with van der Waals surface area (Å²) < 4.78 is 6.28. The maximum absolute atomic E-state index is 5.26. The first-order valence-electron chi connectivity index (χ1n) is 7.02. The largest absolute Gasteiger partial charge is 0.378 e. The van der Waals surface area contributed by atoms with Crippen molar-refractivity contribution < 1.29 is 4.74 Å². The number of aromatic nitrogens is 2. The van der Waals surface area contributed by atoms with Gasteiger partial charge in [-0.05, 0) is 35.9 Å². The molecule has 4 nitrogen and oxygen atoms in total. The van der Waals surface area contributed by atoms with Crippen LogP contribution in [0.4, 0.5) is 5.82 Å². The number of aryl methyl sites for hydroxylation is 1. The SMILES string of the molecule is CCCNc1nc(-c2ccc(C)cc2)nc(COC)c1I. The van der Waals surface area contributed by atoms with E-state index in [9.17, 15) is 0 Å². The van der Waals surface area contributed by atoms with Gasteiger partial charge in [-0.2, -0.15) is 0 Å². The number of nitrogens with one attached hydrogen (secondary N) is 1. The molecule has 0 aliphatic heterocycles. The van der Waals surface area contributed by atoms with Crippen molar-refractivity contribution in [2.45, 2.75) is 26.9 Å². The number of methoxy groups -OCH3 is 1. The molecule has 0 aliphatic carbocycles. The lowest BCUT2D eigenvalue weighted by Gasteiger charge is -2.12. The number of halogens is 1. The van der Waals surface area contributed by atoms with E-state index < -0.39 is 0 Å². The summed E-state index contributed by atoms with van der Waals surface area (Å²) in [5.74, 6) is 1.62. The van der Waals surface area contributed by atoms with E-state index in [-0.39, 0.29) is 0 Å². The molecule has 0 aliphatic rings. The Morgan fingerprint density at radius 3 is 2.52 bits per heavy atom. The fourth-order valence-corrected chi connectivity index (χ4v) is 2.51. The van der Waals surface area contributed by atoms with Gasteiger partial charge >= 0.3 is 0 Å². The molecule has 5 heteroatoms. The molecule has 112 valence electrons. The first kappa shape index (κ1) is 16.2. The Morgan fingerprint density at radius 1 is 1.19 bits per heavy atom. The minimum absolute atomic E-state index is 0.487. The van der Waals surface area contributed by atoms with Crippen LogP contribution >= 0.6 is 22.6 Å². The third-order valence-corrected chi connectivity index (χ3v) is 4.19. The van der Waals surface area contributed by atoms with Crippen LogP contribution in [0.3, 0.4) is 0 Å². The molecular formula is C16H20IN3O. The van der Waals surface area contributed by atoms with Gasteiger partial charge in [0.1, 0.15) is 5.82 Å². The highest BCUT2D eigenvalue weighted by molar-refractivity contribution is 14.1. The van der Waals surface area contributed by atoms with Crippen molar-refractivity contribution in [1.82, 2.24) is 9.97 Å². The van der Waals surface area contributed by atoms with Gasteiger partial charge in [-0.15, -0.1) is 0 Å². The predicted octanol–water partition coefficient (Wildman–Crippen LogP) is 4.02. The minimum atomic E-state index is 0.487. The molecule has 2 rings (SSSR count). The van der Waals surface area contributed by atoms with Crippen LogP contribution in [0.25, 0.3) is 11.4 Å². The van der Waals surface area contributed by atoms with Crippen LogP contribution in [0.15, 0.2) is 24.3 Å². The van der Waals surface area contributed by atoms with Gasteiger partial charge in [0.2, 0.25) is 0 Å². The van der Waals surface area contributed by atoms with E-state index >= 15 is 0 Å². The van der Waals surface area contributed by atoms with E-state index in [2.05, 4.69) is 76.0 Å². The summed E-state index contributed by atoms with van der Waals surface area (Å²) in [6.45, 7) is 5.59. The van der Waals surface area contributed by atoms with Gasteiger partial charge in [0.15, 0.2) is 5.82 Å². The lowest BCUT2D eigenvalue weighted by atomic mass is 10.1. The quantitative estimate of drug-likeness (QED) is 0.748. The van der Waals surface area contributed by atoms with Crippen molar-refractivity contribution in [2.75, 3.05) is 19.0 Å². The highest BCUT2D eigenvalue weighted by Crippen LogP contribution is 2.24. The Labute approximate surface area is 139 Å². The Kier molecular flexibility index (Phi) is 5.93. The molecule has 1 aromatic carbocycles. The average Bonchev–Trinajstić information content (AvgIpc) is 2.49. The average molecular weight is 397 g/mol. The number of benzene rings is 1. The second kappa shape index (κ2) is 7.70. The maximum atomic E-state index is 5.26. The number of hydrogen-bond donors (Lipinski definition) is 1. The zero-order chi connectivity index (χ0) is 15.2. The lowest BCUT2D eigenvalue weighted by Crippen LogP contribution is -2.09.